The average molecular weight is 311 g/mol. The normalized spacial score (nSPS) is 18.3. The molecule has 0 atom stereocenters. The van der Waals surface area contributed by atoms with Crippen LogP contribution in [-0.2, 0) is 13.1 Å². The van der Waals surface area contributed by atoms with Gasteiger partial charge < -0.3 is 9.47 Å². The minimum atomic E-state index is 0.338. The van der Waals surface area contributed by atoms with Crippen LogP contribution in [0.1, 0.15) is 11.3 Å². The van der Waals surface area contributed by atoms with Gasteiger partial charge in [0.2, 0.25) is 6.79 Å². The van der Waals surface area contributed by atoms with Gasteiger partial charge in [0.05, 0.1) is 5.69 Å². The highest BCUT2D eigenvalue weighted by molar-refractivity contribution is 5.44. The van der Waals surface area contributed by atoms with Crippen LogP contribution in [0.5, 0.6) is 11.5 Å². The van der Waals surface area contributed by atoms with E-state index in [1.54, 1.807) is 0 Å². The molecule has 5 heteroatoms. The van der Waals surface area contributed by atoms with Gasteiger partial charge in [0.15, 0.2) is 11.5 Å². The summed E-state index contributed by atoms with van der Waals surface area (Å²) in [7, 11) is 0. The van der Waals surface area contributed by atoms with E-state index in [2.05, 4.69) is 39.0 Å². The molecule has 3 heterocycles. The van der Waals surface area contributed by atoms with Crippen molar-refractivity contribution in [2.24, 2.45) is 0 Å². The van der Waals surface area contributed by atoms with Gasteiger partial charge in [0, 0.05) is 45.5 Å². The van der Waals surface area contributed by atoms with Crippen molar-refractivity contribution in [3.63, 3.8) is 0 Å². The van der Waals surface area contributed by atoms with Crippen molar-refractivity contribution in [1.82, 2.24) is 14.8 Å². The van der Waals surface area contributed by atoms with E-state index in [4.69, 9.17) is 9.47 Å². The molecule has 2 aliphatic heterocycles. The summed E-state index contributed by atoms with van der Waals surface area (Å²) in [4.78, 5) is 9.38. The number of nitrogens with zero attached hydrogens (tertiary/aromatic N) is 3. The Labute approximate surface area is 136 Å². The first-order valence-corrected chi connectivity index (χ1v) is 8.10. The molecule has 0 N–H and O–H groups in total. The number of rotatable bonds is 4. The number of hydrogen-bond donors (Lipinski definition) is 0. The standard InChI is InChI=1S/C18H21N3O2/c1-2-6-19-16(3-1)13-21-9-7-20(8-10-21)12-15-4-5-17-18(11-15)23-14-22-17/h1-6,11H,7-10,12-14H2. The maximum absolute atomic E-state index is 5.46. The monoisotopic (exact) mass is 311 g/mol. The van der Waals surface area contributed by atoms with Crippen molar-refractivity contribution in [1.29, 1.82) is 0 Å². The van der Waals surface area contributed by atoms with Crippen LogP contribution < -0.4 is 9.47 Å². The Hall–Kier alpha value is -2.11. The van der Waals surface area contributed by atoms with Crippen LogP contribution >= 0.6 is 0 Å². The maximum atomic E-state index is 5.46. The second kappa shape index (κ2) is 6.56. The second-order valence-corrected chi connectivity index (χ2v) is 6.06. The minimum absolute atomic E-state index is 0.338. The molecule has 0 spiro atoms. The lowest BCUT2D eigenvalue weighted by Crippen LogP contribution is -2.45. The fourth-order valence-electron chi connectivity index (χ4n) is 3.12. The number of hydrogen-bond acceptors (Lipinski definition) is 5. The van der Waals surface area contributed by atoms with E-state index in [0.717, 1.165) is 56.5 Å². The first-order valence-electron chi connectivity index (χ1n) is 8.10. The maximum Gasteiger partial charge on any atom is 0.231 e. The summed E-state index contributed by atoms with van der Waals surface area (Å²) in [5.41, 5.74) is 2.43. The summed E-state index contributed by atoms with van der Waals surface area (Å²) in [6.07, 6.45) is 1.87. The zero-order chi connectivity index (χ0) is 15.5. The number of pyridine rings is 1. The van der Waals surface area contributed by atoms with Gasteiger partial charge >= 0.3 is 0 Å². The zero-order valence-corrected chi connectivity index (χ0v) is 13.1. The Morgan fingerprint density at radius 1 is 0.870 bits per heavy atom. The van der Waals surface area contributed by atoms with Gasteiger partial charge in [-0.1, -0.05) is 12.1 Å². The molecule has 0 saturated carbocycles. The van der Waals surface area contributed by atoms with Gasteiger partial charge in [-0.2, -0.15) is 0 Å². The fourth-order valence-corrected chi connectivity index (χ4v) is 3.12. The molecule has 1 aromatic carbocycles. The van der Waals surface area contributed by atoms with Crippen molar-refractivity contribution < 1.29 is 9.47 Å². The largest absolute Gasteiger partial charge is 0.454 e. The van der Waals surface area contributed by atoms with Gasteiger partial charge in [-0.25, -0.2) is 0 Å². The molecule has 2 aromatic rings. The predicted molar refractivity (Wildman–Crippen MR) is 87.4 cm³/mol. The number of ether oxygens (including phenoxy) is 2. The van der Waals surface area contributed by atoms with E-state index in [-0.39, 0.29) is 0 Å². The van der Waals surface area contributed by atoms with Crippen molar-refractivity contribution in [2.75, 3.05) is 33.0 Å². The number of fused-ring (bicyclic) bond motifs is 1. The summed E-state index contributed by atoms with van der Waals surface area (Å²) in [5, 5.41) is 0. The van der Waals surface area contributed by atoms with Crippen LogP contribution in [-0.4, -0.2) is 47.8 Å². The van der Waals surface area contributed by atoms with E-state index < -0.39 is 0 Å². The Kier molecular flexibility index (Phi) is 4.13. The Morgan fingerprint density at radius 2 is 1.65 bits per heavy atom. The van der Waals surface area contributed by atoms with Crippen molar-refractivity contribution in [2.45, 2.75) is 13.1 Å². The number of benzene rings is 1. The smallest absolute Gasteiger partial charge is 0.231 e. The van der Waals surface area contributed by atoms with Crippen molar-refractivity contribution in [3.05, 3.63) is 53.9 Å². The summed E-state index contributed by atoms with van der Waals surface area (Å²) in [6.45, 7) is 6.59. The summed E-state index contributed by atoms with van der Waals surface area (Å²) in [5.74, 6) is 1.73. The Bertz CT molecular complexity index is 655. The topological polar surface area (TPSA) is 37.8 Å². The van der Waals surface area contributed by atoms with Crippen LogP contribution in [0.4, 0.5) is 0 Å². The third-order valence-corrected chi connectivity index (χ3v) is 4.42. The molecule has 0 bridgehead atoms. The Balaban J connectivity index is 1.30. The molecule has 4 rings (SSSR count). The number of aromatic nitrogens is 1. The molecule has 1 fully saturated rings. The molecule has 0 radical (unpaired) electrons. The lowest BCUT2D eigenvalue weighted by atomic mass is 10.1. The molecule has 23 heavy (non-hydrogen) atoms. The van der Waals surface area contributed by atoms with Gasteiger partial charge in [-0.05, 0) is 29.8 Å². The quantitative estimate of drug-likeness (QED) is 0.865. The highest BCUT2D eigenvalue weighted by Crippen LogP contribution is 2.32. The summed E-state index contributed by atoms with van der Waals surface area (Å²) in [6, 6.07) is 12.4. The second-order valence-electron chi connectivity index (χ2n) is 6.06. The van der Waals surface area contributed by atoms with E-state index >= 15 is 0 Å². The summed E-state index contributed by atoms with van der Waals surface area (Å²) < 4.78 is 10.8. The highest BCUT2D eigenvalue weighted by Gasteiger charge is 2.19. The van der Waals surface area contributed by atoms with Crippen molar-refractivity contribution in [3.8, 4) is 11.5 Å². The molecular formula is C18H21N3O2. The molecule has 1 saturated heterocycles. The zero-order valence-electron chi connectivity index (χ0n) is 13.1. The van der Waals surface area contributed by atoms with Crippen LogP contribution in [0.2, 0.25) is 0 Å². The van der Waals surface area contributed by atoms with Crippen LogP contribution in [0, 0.1) is 0 Å². The molecule has 5 nitrogen and oxygen atoms in total. The van der Waals surface area contributed by atoms with Gasteiger partial charge in [0.1, 0.15) is 0 Å². The number of piperazine rings is 1. The third kappa shape index (κ3) is 3.46. The van der Waals surface area contributed by atoms with Gasteiger partial charge in [-0.15, -0.1) is 0 Å². The van der Waals surface area contributed by atoms with E-state index in [1.165, 1.54) is 5.56 Å². The SMILES string of the molecule is c1ccc(CN2CCN(Cc3ccc4c(c3)OCO4)CC2)nc1. The average Bonchev–Trinajstić information content (AvgIpc) is 3.05. The van der Waals surface area contributed by atoms with Crippen LogP contribution in [0.3, 0.4) is 0 Å². The molecule has 120 valence electrons. The molecule has 2 aliphatic rings. The molecule has 0 amide bonds. The minimum Gasteiger partial charge on any atom is -0.454 e. The molecule has 1 aromatic heterocycles. The van der Waals surface area contributed by atoms with Crippen LogP contribution in [0.15, 0.2) is 42.6 Å². The lowest BCUT2D eigenvalue weighted by Gasteiger charge is -2.34. The molecule has 0 aliphatic carbocycles. The predicted octanol–water partition coefficient (Wildman–Crippen LogP) is 2.13. The van der Waals surface area contributed by atoms with E-state index in [0.29, 0.717) is 6.79 Å². The van der Waals surface area contributed by atoms with Gasteiger partial charge in [-0.3, -0.25) is 14.8 Å². The third-order valence-electron chi connectivity index (χ3n) is 4.42. The first-order chi connectivity index (χ1) is 11.4. The van der Waals surface area contributed by atoms with Crippen molar-refractivity contribution >= 4 is 0 Å². The first kappa shape index (κ1) is 14.5. The van der Waals surface area contributed by atoms with Crippen LogP contribution in [0.25, 0.3) is 0 Å². The Morgan fingerprint density at radius 3 is 2.43 bits per heavy atom. The fraction of sp³-hybridized carbons (Fsp3) is 0.389. The molecule has 0 unspecified atom stereocenters. The van der Waals surface area contributed by atoms with E-state index in [1.807, 2.05) is 18.3 Å². The summed E-state index contributed by atoms with van der Waals surface area (Å²) >= 11 is 0. The highest BCUT2D eigenvalue weighted by atomic mass is 16.7. The molecular weight excluding hydrogens is 290 g/mol. The van der Waals surface area contributed by atoms with E-state index in [9.17, 15) is 0 Å². The van der Waals surface area contributed by atoms with Gasteiger partial charge in [0.25, 0.3) is 0 Å². The lowest BCUT2D eigenvalue weighted by molar-refractivity contribution is 0.121.